The lowest BCUT2D eigenvalue weighted by Gasteiger charge is -2.14. The highest BCUT2D eigenvalue weighted by molar-refractivity contribution is 5.44. The van der Waals surface area contributed by atoms with E-state index in [0.29, 0.717) is 37.7 Å². The Morgan fingerprint density at radius 1 is 0.421 bits per heavy atom. The lowest BCUT2D eigenvalue weighted by atomic mass is 10.0. The lowest BCUT2D eigenvalue weighted by Crippen LogP contribution is -2.26. The molecule has 0 aromatic heterocycles. The third-order valence-corrected chi connectivity index (χ3v) is 6.91. The van der Waals surface area contributed by atoms with Gasteiger partial charge in [-0.1, -0.05) is 35.4 Å². The number of benzene rings is 2. The summed E-state index contributed by atoms with van der Waals surface area (Å²) in [4.78, 5) is 0. The van der Waals surface area contributed by atoms with Crippen molar-refractivity contribution in [2.75, 3.05) is 52.4 Å². The fourth-order valence-corrected chi connectivity index (χ4v) is 4.90. The van der Waals surface area contributed by atoms with Gasteiger partial charge < -0.3 is 42.1 Å². The number of phenols is 2. The van der Waals surface area contributed by atoms with Crippen molar-refractivity contribution in [3.63, 3.8) is 0 Å². The van der Waals surface area contributed by atoms with E-state index in [4.69, 9.17) is 0 Å². The third kappa shape index (κ3) is 10.9. The Labute approximate surface area is 229 Å². The molecule has 0 atom stereocenters. The summed E-state index contributed by atoms with van der Waals surface area (Å²) >= 11 is 0. The van der Waals surface area contributed by atoms with Crippen LogP contribution in [0.3, 0.4) is 0 Å². The molecule has 0 unspecified atom stereocenters. The molecule has 1 heterocycles. The summed E-state index contributed by atoms with van der Waals surface area (Å²) in [6.07, 6.45) is 4.15. The van der Waals surface area contributed by atoms with E-state index in [1.165, 1.54) is 11.1 Å². The van der Waals surface area contributed by atoms with Crippen molar-refractivity contribution in [3.05, 3.63) is 57.6 Å². The van der Waals surface area contributed by atoms with Crippen LogP contribution in [0, 0.1) is 13.8 Å². The monoisotopic (exact) mass is 526 g/mol. The predicted molar refractivity (Wildman–Crippen MR) is 157 cm³/mol. The molecule has 8 nitrogen and oxygen atoms in total. The number of fused-ring (bicyclic) bond motifs is 4. The van der Waals surface area contributed by atoms with Gasteiger partial charge in [0.05, 0.1) is 0 Å². The zero-order chi connectivity index (χ0) is 27.0. The largest absolute Gasteiger partial charge is 0.507 e. The van der Waals surface area contributed by atoms with E-state index in [0.717, 1.165) is 100 Å². The lowest BCUT2D eigenvalue weighted by molar-refractivity contribution is 0.451. The number of aromatic hydroxyl groups is 2. The molecule has 0 spiro atoms. The van der Waals surface area contributed by atoms with Crippen LogP contribution in [0.5, 0.6) is 11.5 Å². The Morgan fingerprint density at radius 2 is 0.658 bits per heavy atom. The molecule has 8 N–H and O–H groups in total. The number of aryl methyl sites for hydroxylation is 2. The molecule has 0 saturated heterocycles. The van der Waals surface area contributed by atoms with Crippen molar-refractivity contribution in [2.24, 2.45) is 0 Å². The van der Waals surface area contributed by atoms with Crippen LogP contribution in [-0.2, 0) is 26.2 Å². The summed E-state index contributed by atoms with van der Waals surface area (Å²) in [6.45, 7) is 14.4. The van der Waals surface area contributed by atoms with E-state index >= 15 is 0 Å². The highest BCUT2D eigenvalue weighted by Gasteiger charge is 2.10. The first-order valence-electron chi connectivity index (χ1n) is 14.4. The van der Waals surface area contributed by atoms with Gasteiger partial charge in [-0.3, -0.25) is 0 Å². The quantitative estimate of drug-likeness (QED) is 0.264. The zero-order valence-corrected chi connectivity index (χ0v) is 23.5. The zero-order valence-electron chi connectivity index (χ0n) is 23.5. The SMILES string of the molecule is Cc1cc2c(O)c(c1)CNCCCNCCCNCc1cc(C)cc(c1O)CNCCCNCCCNC2. The van der Waals surface area contributed by atoms with Gasteiger partial charge in [-0.2, -0.15) is 0 Å². The highest BCUT2D eigenvalue weighted by Crippen LogP contribution is 2.25. The first kappa shape index (κ1) is 30.3. The first-order valence-corrected chi connectivity index (χ1v) is 14.4. The van der Waals surface area contributed by atoms with Gasteiger partial charge in [-0.05, 0) is 91.9 Å². The number of phenolic OH excluding ortho intramolecular Hbond substituents is 2. The summed E-state index contributed by atoms with van der Waals surface area (Å²) < 4.78 is 0. The van der Waals surface area contributed by atoms with Crippen LogP contribution in [-0.4, -0.2) is 62.6 Å². The van der Waals surface area contributed by atoms with Gasteiger partial charge >= 0.3 is 0 Å². The molecule has 1 aliphatic rings. The van der Waals surface area contributed by atoms with Gasteiger partial charge in [0.15, 0.2) is 0 Å². The Morgan fingerprint density at radius 3 is 0.921 bits per heavy atom. The van der Waals surface area contributed by atoms with E-state index in [1.807, 2.05) is 0 Å². The number of nitrogens with one attached hydrogen (secondary N) is 6. The number of hydrogen-bond acceptors (Lipinski definition) is 8. The maximum atomic E-state index is 10.8. The number of rotatable bonds is 0. The van der Waals surface area contributed by atoms with Crippen LogP contribution < -0.4 is 31.9 Å². The van der Waals surface area contributed by atoms with E-state index in [2.05, 4.69) is 70.0 Å². The van der Waals surface area contributed by atoms with Crippen molar-refractivity contribution in [1.82, 2.24) is 31.9 Å². The van der Waals surface area contributed by atoms with Crippen LogP contribution in [0.25, 0.3) is 0 Å². The van der Waals surface area contributed by atoms with Crippen LogP contribution in [0.4, 0.5) is 0 Å². The summed E-state index contributed by atoms with van der Waals surface area (Å²) in [6, 6.07) is 8.30. The van der Waals surface area contributed by atoms with Crippen LogP contribution in [0.1, 0.15) is 59.1 Å². The second-order valence-electron chi connectivity index (χ2n) is 10.5. The van der Waals surface area contributed by atoms with Gasteiger partial charge in [0.1, 0.15) is 11.5 Å². The molecule has 3 rings (SSSR count). The molecular weight excluding hydrogens is 476 g/mol. The highest BCUT2D eigenvalue weighted by atomic mass is 16.3. The second kappa shape index (κ2) is 17.4. The van der Waals surface area contributed by atoms with Crippen LogP contribution >= 0.6 is 0 Å². The maximum absolute atomic E-state index is 10.8. The van der Waals surface area contributed by atoms with Gasteiger partial charge in [0.2, 0.25) is 0 Å². The first-order chi connectivity index (χ1) is 18.5. The number of hydrogen-bond donors (Lipinski definition) is 8. The van der Waals surface area contributed by atoms with Crippen LogP contribution in [0.2, 0.25) is 0 Å². The summed E-state index contributed by atoms with van der Waals surface area (Å²) in [5.74, 6) is 0.823. The average Bonchev–Trinajstić information content (AvgIpc) is 2.89. The Hall–Kier alpha value is -2.20. The van der Waals surface area contributed by atoms with Crippen molar-refractivity contribution < 1.29 is 10.2 Å². The predicted octanol–water partition coefficient (Wildman–Crippen LogP) is 2.53. The third-order valence-electron chi connectivity index (χ3n) is 6.91. The molecule has 8 heteroatoms. The standard InChI is InChI=1S/C30H50N6O2/c1-23-15-25-19-33-11-3-7-31-9-5-13-35-21-27-17-24(2)18-28(30(27)38)22-36-14-6-10-32-8-4-12-34-20-26(16-23)29(25)37/h15-18,31-38H,3-14,19-22H2,1-2H3. The molecule has 2 aromatic carbocycles. The molecule has 4 bridgehead atoms. The smallest absolute Gasteiger partial charge is 0.124 e. The molecule has 212 valence electrons. The summed E-state index contributed by atoms with van der Waals surface area (Å²) in [5, 5.41) is 42.5. The molecule has 1 aliphatic heterocycles. The van der Waals surface area contributed by atoms with E-state index < -0.39 is 0 Å². The fraction of sp³-hybridized carbons (Fsp3) is 0.600. The minimum Gasteiger partial charge on any atom is -0.507 e. The van der Waals surface area contributed by atoms with Gasteiger partial charge in [-0.25, -0.2) is 0 Å². The fourth-order valence-electron chi connectivity index (χ4n) is 4.90. The summed E-state index contributed by atoms with van der Waals surface area (Å²) in [5.41, 5.74) is 6.23. The van der Waals surface area contributed by atoms with E-state index in [1.54, 1.807) is 0 Å². The second-order valence-corrected chi connectivity index (χ2v) is 10.5. The molecule has 0 radical (unpaired) electrons. The normalized spacial score (nSPS) is 18.8. The molecule has 0 amide bonds. The topological polar surface area (TPSA) is 113 Å². The molecule has 0 saturated carbocycles. The average molecular weight is 527 g/mol. The van der Waals surface area contributed by atoms with Crippen molar-refractivity contribution in [2.45, 2.75) is 65.7 Å². The summed E-state index contributed by atoms with van der Waals surface area (Å²) in [7, 11) is 0. The van der Waals surface area contributed by atoms with Crippen molar-refractivity contribution >= 4 is 0 Å². The maximum Gasteiger partial charge on any atom is 0.124 e. The van der Waals surface area contributed by atoms with Crippen LogP contribution in [0.15, 0.2) is 24.3 Å². The van der Waals surface area contributed by atoms with Gasteiger partial charge in [0.25, 0.3) is 0 Å². The van der Waals surface area contributed by atoms with E-state index in [-0.39, 0.29) is 0 Å². The minimum atomic E-state index is 0.412. The molecular formula is C30H50N6O2. The van der Waals surface area contributed by atoms with Gasteiger partial charge in [0, 0.05) is 48.4 Å². The van der Waals surface area contributed by atoms with Crippen molar-refractivity contribution in [3.8, 4) is 11.5 Å². The molecule has 0 aliphatic carbocycles. The Kier molecular flexibility index (Phi) is 13.9. The van der Waals surface area contributed by atoms with Gasteiger partial charge in [-0.15, -0.1) is 0 Å². The Balaban J connectivity index is 1.49. The molecule has 2 aromatic rings. The molecule has 0 fully saturated rings. The van der Waals surface area contributed by atoms with E-state index in [9.17, 15) is 10.2 Å². The van der Waals surface area contributed by atoms with Crippen molar-refractivity contribution in [1.29, 1.82) is 0 Å². The molecule has 38 heavy (non-hydrogen) atoms. The minimum absolute atomic E-state index is 0.412. The Bertz CT molecular complexity index is 824.